The molecule has 5 nitrogen and oxygen atoms in total. The van der Waals surface area contributed by atoms with Crippen LogP contribution in [0.15, 0.2) is 53.4 Å². The number of methoxy groups -OCH3 is 1. The minimum atomic E-state index is -0.112. The molecule has 2 aromatic carbocycles. The van der Waals surface area contributed by atoms with Crippen molar-refractivity contribution in [2.24, 2.45) is 5.92 Å². The Morgan fingerprint density at radius 3 is 2.48 bits per heavy atom. The normalized spacial score (nSPS) is 14.1. The molecule has 0 saturated heterocycles. The van der Waals surface area contributed by atoms with Crippen molar-refractivity contribution in [3.63, 3.8) is 0 Å². The second-order valence-electron chi connectivity index (χ2n) is 7.95. The maximum Gasteiger partial charge on any atom is 0.252 e. The predicted molar refractivity (Wildman–Crippen MR) is 126 cm³/mol. The first-order valence-electron chi connectivity index (χ1n) is 11.1. The number of nitrogens with one attached hydrogen (secondary N) is 2. The predicted octanol–water partition coefficient (Wildman–Crippen LogP) is 4.46. The number of ether oxygens (including phenoxy) is 1. The van der Waals surface area contributed by atoms with Crippen LogP contribution in [0.5, 0.6) is 5.75 Å². The first kappa shape index (κ1) is 23.2. The van der Waals surface area contributed by atoms with Crippen molar-refractivity contribution in [2.75, 3.05) is 26.0 Å². The van der Waals surface area contributed by atoms with Gasteiger partial charge in [0.05, 0.1) is 18.4 Å². The second-order valence-corrected chi connectivity index (χ2v) is 8.96. The van der Waals surface area contributed by atoms with E-state index < -0.39 is 0 Å². The van der Waals surface area contributed by atoms with Crippen molar-refractivity contribution < 1.29 is 14.3 Å². The summed E-state index contributed by atoms with van der Waals surface area (Å²) < 4.78 is 5.17. The summed E-state index contributed by atoms with van der Waals surface area (Å²) in [5.41, 5.74) is 1.75. The van der Waals surface area contributed by atoms with E-state index in [1.165, 1.54) is 43.9 Å². The molecule has 0 radical (unpaired) electrons. The molecule has 1 fully saturated rings. The molecule has 0 spiro atoms. The lowest BCUT2D eigenvalue weighted by Crippen LogP contribution is -2.31. The lowest BCUT2D eigenvalue weighted by Gasteiger charge is -2.21. The molecule has 3 rings (SSSR count). The zero-order valence-corrected chi connectivity index (χ0v) is 19.0. The van der Waals surface area contributed by atoms with Gasteiger partial charge in [0, 0.05) is 18.0 Å². The van der Waals surface area contributed by atoms with Crippen LogP contribution in [-0.2, 0) is 11.2 Å². The average molecular weight is 441 g/mol. The Bertz CT molecular complexity index is 848. The second kappa shape index (κ2) is 12.4. The monoisotopic (exact) mass is 440 g/mol. The number of benzene rings is 2. The van der Waals surface area contributed by atoms with E-state index in [0.717, 1.165) is 29.2 Å². The van der Waals surface area contributed by atoms with Gasteiger partial charge in [0.1, 0.15) is 5.75 Å². The summed E-state index contributed by atoms with van der Waals surface area (Å²) in [4.78, 5) is 25.8. The molecule has 0 bridgehead atoms. The van der Waals surface area contributed by atoms with E-state index in [-0.39, 0.29) is 11.8 Å². The molecule has 0 unspecified atom stereocenters. The van der Waals surface area contributed by atoms with E-state index in [2.05, 4.69) is 10.6 Å². The van der Waals surface area contributed by atoms with Gasteiger partial charge in [-0.2, -0.15) is 0 Å². The fourth-order valence-electron chi connectivity index (χ4n) is 3.83. The molecular weight excluding hydrogens is 408 g/mol. The summed E-state index contributed by atoms with van der Waals surface area (Å²) in [6.45, 7) is 1.32. The Hall–Kier alpha value is -2.47. The highest BCUT2D eigenvalue weighted by Crippen LogP contribution is 2.24. The van der Waals surface area contributed by atoms with Gasteiger partial charge < -0.3 is 15.4 Å². The first-order chi connectivity index (χ1) is 15.2. The number of hydrogen-bond donors (Lipinski definition) is 2. The third-order valence-electron chi connectivity index (χ3n) is 5.66. The van der Waals surface area contributed by atoms with Gasteiger partial charge in [-0.3, -0.25) is 9.59 Å². The van der Waals surface area contributed by atoms with Crippen LogP contribution >= 0.6 is 11.8 Å². The van der Waals surface area contributed by atoms with Crippen LogP contribution in [0.3, 0.4) is 0 Å². The molecule has 0 aliphatic heterocycles. The van der Waals surface area contributed by atoms with Crippen molar-refractivity contribution in [3.05, 3.63) is 59.7 Å². The van der Waals surface area contributed by atoms with Gasteiger partial charge in [-0.05, 0) is 55.0 Å². The molecule has 1 saturated carbocycles. The summed E-state index contributed by atoms with van der Waals surface area (Å²) in [6.07, 6.45) is 7.04. The van der Waals surface area contributed by atoms with Gasteiger partial charge in [0.25, 0.3) is 5.91 Å². The molecule has 1 aliphatic rings. The minimum absolute atomic E-state index is 0.0327. The van der Waals surface area contributed by atoms with E-state index in [1.54, 1.807) is 7.11 Å². The number of thioether (sulfide) groups is 1. The van der Waals surface area contributed by atoms with E-state index in [9.17, 15) is 9.59 Å². The molecule has 0 aromatic heterocycles. The summed E-state index contributed by atoms with van der Waals surface area (Å²) >= 11 is 1.42. The van der Waals surface area contributed by atoms with Gasteiger partial charge in [-0.25, -0.2) is 0 Å². The van der Waals surface area contributed by atoms with E-state index in [4.69, 9.17) is 4.74 Å². The number of hydrogen-bond acceptors (Lipinski definition) is 4. The average Bonchev–Trinajstić information content (AvgIpc) is 2.82. The summed E-state index contributed by atoms with van der Waals surface area (Å²) in [5.74, 6) is 1.68. The Morgan fingerprint density at radius 2 is 1.74 bits per heavy atom. The van der Waals surface area contributed by atoms with Crippen LogP contribution < -0.4 is 15.4 Å². The zero-order chi connectivity index (χ0) is 21.9. The van der Waals surface area contributed by atoms with Crippen molar-refractivity contribution in [1.29, 1.82) is 0 Å². The molecule has 2 amide bonds. The van der Waals surface area contributed by atoms with Gasteiger partial charge in [0.15, 0.2) is 0 Å². The minimum Gasteiger partial charge on any atom is -0.497 e. The SMILES string of the molecule is COc1ccc(CCNC(=O)c2ccccc2SCC(=O)NCC2CCCCC2)cc1. The first-order valence-corrected chi connectivity index (χ1v) is 12.0. The molecule has 0 atom stereocenters. The Labute approximate surface area is 189 Å². The van der Waals surface area contributed by atoms with E-state index in [1.807, 2.05) is 48.5 Å². The summed E-state index contributed by atoms with van der Waals surface area (Å²) in [6, 6.07) is 15.3. The van der Waals surface area contributed by atoms with Crippen molar-refractivity contribution in [1.82, 2.24) is 10.6 Å². The highest BCUT2D eigenvalue weighted by atomic mass is 32.2. The molecule has 6 heteroatoms. The van der Waals surface area contributed by atoms with Crippen LogP contribution in [0.25, 0.3) is 0 Å². The maximum atomic E-state index is 12.7. The fourth-order valence-corrected chi connectivity index (χ4v) is 4.71. The van der Waals surface area contributed by atoms with Crippen LogP contribution in [0.1, 0.15) is 48.0 Å². The number of carbonyl (C=O) groups is 2. The van der Waals surface area contributed by atoms with Gasteiger partial charge in [-0.15, -0.1) is 11.8 Å². The summed E-state index contributed by atoms with van der Waals surface area (Å²) in [7, 11) is 1.64. The molecule has 166 valence electrons. The molecule has 31 heavy (non-hydrogen) atoms. The molecule has 2 N–H and O–H groups in total. The van der Waals surface area contributed by atoms with Crippen LogP contribution in [0, 0.1) is 5.92 Å². The van der Waals surface area contributed by atoms with Gasteiger partial charge in [-0.1, -0.05) is 43.5 Å². The standard InChI is InChI=1S/C25H32N2O3S/c1-30-21-13-11-19(12-14-21)15-16-26-25(29)22-9-5-6-10-23(22)31-18-24(28)27-17-20-7-3-2-4-8-20/h5-6,9-14,20H,2-4,7-8,15-18H2,1H3,(H,26,29)(H,27,28). The van der Waals surface area contributed by atoms with Crippen molar-refractivity contribution in [2.45, 2.75) is 43.4 Å². The van der Waals surface area contributed by atoms with Crippen molar-refractivity contribution in [3.8, 4) is 5.75 Å². The Balaban J connectivity index is 1.44. The lowest BCUT2D eigenvalue weighted by atomic mass is 9.89. The largest absolute Gasteiger partial charge is 0.497 e. The maximum absolute atomic E-state index is 12.7. The lowest BCUT2D eigenvalue weighted by molar-refractivity contribution is -0.118. The highest BCUT2D eigenvalue weighted by molar-refractivity contribution is 8.00. The smallest absolute Gasteiger partial charge is 0.252 e. The molecule has 2 aromatic rings. The van der Waals surface area contributed by atoms with Crippen molar-refractivity contribution >= 4 is 23.6 Å². The van der Waals surface area contributed by atoms with Gasteiger partial charge in [0.2, 0.25) is 5.91 Å². The Kier molecular flexibility index (Phi) is 9.28. The summed E-state index contributed by atoms with van der Waals surface area (Å²) in [5, 5.41) is 6.05. The van der Waals surface area contributed by atoms with Crippen LogP contribution in [-0.4, -0.2) is 37.8 Å². The quantitative estimate of drug-likeness (QED) is 0.536. The number of carbonyl (C=O) groups excluding carboxylic acids is 2. The Morgan fingerprint density at radius 1 is 1.00 bits per heavy atom. The van der Waals surface area contributed by atoms with Crippen LogP contribution in [0.4, 0.5) is 0 Å². The highest BCUT2D eigenvalue weighted by Gasteiger charge is 2.15. The van der Waals surface area contributed by atoms with E-state index >= 15 is 0 Å². The topological polar surface area (TPSA) is 67.4 Å². The fraction of sp³-hybridized carbons (Fsp3) is 0.440. The number of rotatable bonds is 10. The molecule has 0 heterocycles. The zero-order valence-electron chi connectivity index (χ0n) is 18.2. The van der Waals surface area contributed by atoms with Gasteiger partial charge >= 0.3 is 0 Å². The van der Waals surface area contributed by atoms with Crippen LogP contribution in [0.2, 0.25) is 0 Å². The molecule has 1 aliphatic carbocycles. The van der Waals surface area contributed by atoms with E-state index in [0.29, 0.717) is 23.8 Å². The molecular formula is C25H32N2O3S. The third kappa shape index (κ3) is 7.62. The number of amides is 2. The third-order valence-corrected chi connectivity index (χ3v) is 6.73.